The van der Waals surface area contributed by atoms with Gasteiger partial charge < -0.3 is 0 Å². The lowest BCUT2D eigenvalue weighted by Gasteiger charge is -2.27. The summed E-state index contributed by atoms with van der Waals surface area (Å²) in [5.41, 5.74) is 3.63. The number of benzene rings is 1. The maximum Gasteiger partial charge on any atom is 0.222 e. The Balaban J connectivity index is 1.75. The molecule has 1 aliphatic rings. The zero-order valence-electron chi connectivity index (χ0n) is 10.0. The topological polar surface area (TPSA) is 29.0 Å². The third kappa shape index (κ3) is 2.52. The first-order chi connectivity index (χ1) is 8.81. The summed E-state index contributed by atoms with van der Waals surface area (Å²) in [6, 6.07) is 10.5. The van der Waals surface area contributed by atoms with Crippen molar-refractivity contribution in [1.29, 1.82) is 0 Å². The molecule has 4 heteroatoms. The van der Waals surface area contributed by atoms with Gasteiger partial charge in [0.05, 0.1) is 5.69 Å². The van der Waals surface area contributed by atoms with Crippen molar-refractivity contribution < 1.29 is 0 Å². The Morgan fingerprint density at radius 3 is 2.89 bits per heavy atom. The smallest absolute Gasteiger partial charge is 0.222 e. The molecule has 0 radical (unpaired) electrons. The fourth-order valence-electron chi connectivity index (χ4n) is 2.31. The van der Waals surface area contributed by atoms with E-state index < -0.39 is 0 Å². The van der Waals surface area contributed by atoms with Crippen LogP contribution in [0.5, 0.6) is 0 Å². The molecule has 92 valence electrons. The van der Waals surface area contributed by atoms with Crippen LogP contribution in [-0.4, -0.2) is 21.4 Å². The number of rotatable bonds is 2. The Bertz CT molecular complexity index is 542. The predicted molar refractivity (Wildman–Crippen MR) is 71.3 cm³/mol. The van der Waals surface area contributed by atoms with Gasteiger partial charge in [-0.05, 0) is 29.1 Å². The van der Waals surface area contributed by atoms with Crippen molar-refractivity contribution >= 4 is 11.6 Å². The van der Waals surface area contributed by atoms with Gasteiger partial charge >= 0.3 is 0 Å². The molecule has 1 aliphatic heterocycles. The minimum absolute atomic E-state index is 0.343. The van der Waals surface area contributed by atoms with Crippen LogP contribution >= 0.6 is 11.6 Å². The Morgan fingerprint density at radius 1 is 1.22 bits per heavy atom. The molecule has 0 amide bonds. The van der Waals surface area contributed by atoms with E-state index in [0.717, 1.165) is 31.7 Å². The first kappa shape index (κ1) is 11.6. The van der Waals surface area contributed by atoms with E-state index in [1.807, 2.05) is 12.3 Å². The van der Waals surface area contributed by atoms with Crippen LogP contribution in [0.3, 0.4) is 0 Å². The van der Waals surface area contributed by atoms with Gasteiger partial charge in [0, 0.05) is 25.8 Å². The molecule has 18 heavy (non-hydrogen) atoms. The molecule has 1 aromatic heterocycles. The van der Waals surface area contributed by atoms with Crippen molar-refractivity contribution in [2.45, 2.75) is 19.5 Å². The first-order valence-electron chi connectivity index (χ1n) is 6.08. The van der Waals surface area contributed by atoms with E-state index in [9.17, 15) is 0 Å². The van der Waals surface area contributed by atoms with E-state index >= 15 is 0 Å². The maximum absolute atomic E-state index is 5.84. The van der Waals surface area contributed by atoms with Crippen molar-refractivity contribution in [3.8, 4) is 0 Å². The Morgan fingerprint density at radius 2 is 2.06 bits per heavy atom. The molecule has 0 saturated heterocycles. The van der Waals surface area contributed by atoms with Crippen molar-refractivity contribution in [2.24, 2.45) is 0 Å². The molecule has 2 heterocycles. The number of nitrogens with zero attached hydrogens (tertiary/aromatic N) is 3. The van der Waals surface area contributed by atoms with Crippen LogP contribution in [0, 0.1) is 0 Å². The van der Waals surface area contributed by atoms with Gasteiger partial charge in [-0.15, -0.1) is 0 Å². The van der Waals surface area contributed by atoms with Crippen LogP contribution in [0.2, 0.25) is 5.28 Å². The first-order valence-corrected chi connectivity index (χ1v) is 6.45. The Hall–Kier alpha value is -1.45. The summed E-state index contributed by atoms with van der Waals surface area (Å²) in [4.78, 5) is 10.7. The predicted octanol–water partition coefficient (Wildman–Crippen LogP) is 2.69. The summed E-state index contributed by atoms with van der Waals surface area (Å²) in [6.45, 7) is 2.86. The summed E-state index contributed by atoms with van der Waals surface area (Å²) in [5, 5.41) is 0.343. The van der Waals surface area contributed by atoms with E-state index in [0.29, 0.717) is 5.28 Å². The van der Waals surface area contributed by atoms with Gasteiger partial charge in [0.1, 0.15) is 0 Å². The van der Waals surface area contributed by atoms with Crippen molar-refractivity contribution in [3.63, 3.8) is 0 Å². The van der Waals surface area contributed by atoms with Crippen LogP contribution in [0.15, 0.2) is 36.5 Å². The van der Waals surface area contributed by atoms with Gasteiger partial charge in [0.25, 0.3) is 0 Å². The summed E-state index contributed by atoms with van der Waals surface area (Å²) < 4.78 is 0. The third-order valence-electron chi connectivity index (χ3n) is 3.24. The van der Waals surface area contributed by atoms with Gasteiger partial charge in [-0.3, -0.25) is 4.90 Å². The highest BCUT2D eigenvalue weighted by molar-refractivity contribution is 6.28. The number of hydrogen-bond donors (Lipinski definition) is 0. The second-order valence-electron chi connectivity index (χ2n) is 4.56. The summed E-state index contributed by atoms with van der Waals surface area (Å²) in [6.07, 6.45) is 2.85. The van der Waals surface area contributed by atoms with Crippen LogP contribution in [0.25, 0.3) is 0 Å². The fraction of sp³-hybridized carbons (Fsp3) is 0.286. The highest BCUT2D eigenvalue weighted by Gasteiger charge is 2.18. The SMILES string of the molecule is Clc1ncc2c(n1)CN(Cc1ccccc1)CC2. The van der Waals surface area contributed by atoms with E-state index in [1.54, 1.807) is 0 Å². The molecular weight excluding hydrogens is 246 g/mol. The summed E-state index contributed by atoms with van der Waals surface area (Å²) in [5.74, 6) is 0. The van der Waals surface area contributed by atoms with Gasteiger partial charge in [-0.25, -0.2) is 9.97 Å². The fourth-order valence-corrected chi connectivity index (χ4v) is 2.46. The van der Waals surface area contributed by atoms with Crippen molar-refractivity contribution in [1.82, 2.24) is 14.9 Å². The Labute approximate surface area is 111 Å². The molecule has 0 fully saturated rings. The number of halogens is 1. The molecule has 0 aliphatic carbocycles. The average Bonchev–Trinajstić information content (AvgIpc) is 2.39. The monoisotopic (exact) mass is 259 g/mol. The zero-order chi connectivity index (χ0) is 12.4. The van der Waals surface area contributed by atoms with Gasteiger partial charge in [0.2, 0.25) is 5.28 Å². The molecule has 3 rings (SSSR count). The van der Waals surface area contributed by atoms with Crippen molar-refractivity contribution in [3.05, 3.63) is 58.6 Å². The Kier molecular flexibility index (Phi) is 3.26. The molecule has 0 saturated carbocycles. The second-order valence-corrected chi connectivity index (χ2v) is 4.90. The lowest BCUT2D eigenvalue weighted by molar-refractivity contribution is 0.241. The normalized spacial score (nSPS) is 15.4. The minimum atomic E-state index is 0.343. The second kappa shape index (κ2) is 5.04. The molecule has 0 spiro atoms. The van der Waals surface area contributed by atoms with Crippen LogP contribution < -0.4 is 0 Å². The molecule has 0 atom stereocenters. The third-order valence-corrected chi connectivity index (χ3v) is 3.43. The summed E-state index contributed by atoms with van der Waals surface area (Å²) in [7, 11) is 0. The van der Waals surface area contributed by atoms with Gasteiger partial charge in [0.15, 0.2) is 0 Å². The lowest BCUT2D eigenvalue weighted by Crippen LogP contribution is -2.30. The number of aromatic nitrogens is 2. The highest BCUT2D eigenvalue weighted by Crippen LogP contribution is 2.19. The van der Waals surface area contributed by atoms with Crippen molar-refractivity contribution in [2.75, 3.05) is 6.54 Å². The molecule has 0 bridgehead atoms. The van der Waals surface area contributed by atoms with E-state index in [-0.39, 0.29) is 0 Å². The van der Waals surface area contributed by atoms with Crippen LogP contribution in [-0.2, 0) is 19.5 Å². The molecule has 2 aromatic rings. The standard InChI is InChI=1S/C14H14ClN3/c15-14-16-8-12-6-7-18(10-13(12)17-14)9-11-4-2-1-3-5-11/h1-5,8H,6-7,9-10H2. The molecular formula is C14H14ClN3. The molecule has 0 N–H and O–H groups in total. The number of fused-ring (bicyclic) bond motifs is 1. The zero-order valence-corrected chi connectivity index (χ0v) is 10.8. The highest BCUT2D eigenvalue weighted by atomic mass is 35.5. The molecule has 3 nitrogen and oxygen atoms in total. The molecule has 1 aromatic carbocycles. The van der Waals surface area contributed by atoms with Gasteiger partial charge in [-0.1, -0.05) is 30.3 Å². The van der Waals surface area contributed by atoms with E-state index in [2.05, 4.69) is 39.1 Å². The van der Waals surface area contributed by atoms with Gasteiger partial charge in [-0.2, -0.15) is 0 Å². The summed E-state index contributed by atoms with van der Waals surface area (Å²) >= 11 is 5.84. The largest absolute Gasteiger partial charge is 0.293 e. The number of hydrogen-bond acceptors (Lipinski definition) is 3. The average molecular weight is 260 g/mol. The van der Waals surface area contributed by atoms with Crippen LogP contribution in [0.4, 0.5) is 0 Å². The molecule has 0 unspecified atom stereocenters. The minimum Gasteiger partial charge on any atom is -0.293 e. The lowest BCUT2D eigenvalue weighted by atomic mass is 10.1. The quantitative estimate of drug-likeness (QED) is 0.777. The maximum atomic E-state index is 5.84. The van der Waals surface area contributed by atoms with E-state index in [1.165, 1.54) is 11.1 Å². The van der Waals surface area contributed by atoms with E-state index in [4.69, 9.17) is 11.6 Å². The van der Waals surface area contributed by atoms with Crippen LogP contribution in [0.1, 0.15) is 16.8 Å².